The highest BCUT2D eigenvalue weighted by Gasteiger charge is 2.31. The van der Waals surface area contributed by atoms with Gasteiger partial charge in [0.1, 0.15) is 6.54 Å². The molecule has 20 heavy (non-hydrogen) atoms. The number of hydrazine groups is 1. The second kappa shape index (κ2) is 5.65. The molecule has 0 aliphatic carbocycles. The van der Waals surface area contributed by atoms with Crippen LogP contribution in [0.2, 0.25) is 0 Å². The standard InChI is InChI=1S/C10H16F3N7/c1-19(6-10(11,12)13)8-15-7(18-14)16-9(17-8)20-4-2-3-5-20/h2-6,14H2,1H3,(H,15,16,17,18). The first-order valence-electron chi connectivity index (χ1n) is 6.14. The fourth-order valence-corrected chi connectivity index (χ4v) is 1.99. The first-order valence-corrected chi connectivity index (χ1v) is 6.14. The first kappa shape index (κ1) is 14.6. The lowest BCUT2D eigenvalue weighted by atomic mass is 10.4. The van der Waals surface area contributed by atoms with E-state index in [0.717, 1.165) is 30.8 Å². The topological polar surface area (TPSA) is 83.2 Å². The van der Waals surface area contributed by atoms with Crippen molar-refractivity contribution >= 4 is 17.8 Å². The molecule has 112 valence electrons. The molecule has 0 aromatic carbocycles. The van der Waals surface area contributed by atoms with Crippen molar-refractivity contribution in [1.29, 1.82) is 0 Å². The molecule has 10 heteroatoms. The van der Waals surface area contributed by atoms with Crippen LogP contribution in [-0.4, -0.2) is 47.8 Å². The van der Waals surface area contributed by atoms with Crippen molar-refractivity contribution < 1.29 is 13.2 Å². The smallest absolute Gasteiger partial charge is 0.341 e. The van der Waals surface area contributed by atoms with Crippen LogP contribution >= 0.6 is 0 Å². The lowest BCUT2D eigenvalue weighted by Gasteiger charge is -2.21. The fourth-order valence-electron chi connectivity index (χ4n) is 1.99. The van der Waals surface area contributed by atoms with E-state index in [1.54, 1.807) is 0 Å². The molecule has 0 spiro atoms. The maximum atomic E-state index is 12.4. The zero-order chi connectivity index (χ0) is 14.8. The average Bonchev–Trinajstić information content (AvgIpc) is 2.90. The van der Waals surface area contributed by atoms with E-state index in [2.05, 4.69) is 20.4 Å². The largest absolute Gasteiger partial charge is 0.406 e. The van der Waals surface area contributed by atoms with Crippen molar-refractivity contribution in [1.82, 2.24) is 15.0 Å². The Hall–Kier alpha value is -1.84. The second-order valence-electron chi connectivity index (χ2n) is 4.57. The highest BCUT2D eigenvalue weighted by atomic mass is 19.4. The number of nitrogens with two attached hydrogens (primary N) is 1. The molecule has 0 radical (unpaired) electrons. The van der Waals surface area contributed by atoms with Gasteiger partial charge in [-0.2, -0.15) is 28.1 Å². The number of hydrogen-bond acceptors (Lipinski definition) is 7. The number of aromatic nitrogens is 3. The Labute approximate surface area is 114 Å². The van der Waals surface area contributed by atoms with Gasteiger partial charge >= 0.3 is 6.18 Å². The summed E-state index contributed by atoms with van der Waals surface area (Å²) in [5.41, 5.74) is 2.25. The van der Waals surface area contributed by atoms with Crippen LogP contribution in [0.15, 0.2) is 0 Å². The zero-order valence-electron chi connectivity index (χ0n) is 11.0. The van der Waals surface area contributed by atoms with Gasteiger partial charge in [0.2, 0.25) is 17.8 Å². The molecule has 1 aliphatic rings. The minimum atomic E-state index is -4.33. The van der Waals surface area contributed by atoms with Gasteiger partial charge in [-0.3, -0.25) is 5.43 Å². The molecular formula is C10H16F3N7. The van der Waals surface area contributed by atoms with Crippen molar-refractivity contribution in [3.63, 3.8) is 0 Å². The molecule has 1 saturated heterocycles. The van der Waals surface area contributed by atoms with Gasteiger partial charge in [-0.15, -0.1) is 0 Å². The zero-order valence-corrected chi connectivity index (χ0v) is 11.0. The number of nitrogens with one attached hydrogen (secondary N) is 1. The predicted octanol–water partition coefficient (Wildman–Crippen LogP) is 0.756. The lowest BCUT2D eigenvalue weighted by Crippen LogP contribution is -2.33. The highest BCUT2D eigenvalue weighted by Crippen LogP contribution is 2.22. The van der Waals surface area contributed by atoms with Crippen LogP contribution in [0.5, 0.6) is 0 Å². The summed E-state index contributed by atoms with van der Waals surface area (Å²) in [6.07, 6.45) is -2.32. The van der Waals surface area contributed by atoms with Crippen LogP contribution in [-0.2, 0) is 0 Å². The molecule has 0 unspecified atom stereocenters. The molecule has 3 N–H and O–H groups in total. The summed E-state index contributed by atoms with van der Waals surface area (Å²) < 4.78 is 37.2. The van der Waals surface area contributed by atoms with Gasteiger partial charge in [0.05, 0.1) is 0 Å². The molecule has 1 fully saturated rings. The Balaban J connectivity index is 2.25. The Bertz CT molecular complexity index is 459. The Kier molecular flexibility index (Phi) is 4.12. The van der Waals surface area contributed by atoms with Crippen LogP contribution in [0, 0.1) is 0 Å². The van der Waals surface area contributed by atoms with E-state index in [1.165, 1.54) is 7.05 Å². The Morgan fingerprint density at radius 1 is 1.25 bits per heavy atom. The second-order valence-corrected chi connectivity index (χ2v) is 4.57. The summed E-state index contributed by atoms with van der Waals surface area (Å²) >= 11 is 0. The molecule has 2 rings (SSSR count). The van der Waals surface area contributed by atoms with E-state index in [1.807, 2.05) is 4.90 Å². The average molecular weight is 291 g/mol. The molecule has 7 nitrogen and oxygen atoms in total. The van der Waals surface area contributed by atoms with Crippen molar-refractivity contribution in [2.24, 2.45) is 5.84 Å². The maximum Gasteiger partial charge on any atom is 0.406 e. The summed E-state index contributed by atoms with van der Waals surface area (Å²) in [4.78, 5) is 14.8. The first-order chi connectivity index (χ1) is 9.39. The fraction of sp³-hybridized carbons (Fsp3) is 0.700. The molecule has 1 aliphatic heterocycles. The Morgan fingerprint density at radius 2 is 1.90 bits per heavy atom. The van der Waals surface area contributed by atoms with Gasteiger partial charge in [0, 0.05) is 20.1 Å². The van der Waals surface area contributed by atoms with Crippen LogP contribution in [0.3, 0.4) is 0 Å². The lowest BCUT2D eigenvalue weighted by molar-refractivity contribution is -0.119. The third kappa shape index (κ3) is 3.59. The van der Waals surface area contributed by atoms with Crippen LogP contribution in [0.1, 0.15) is 12.8 Å². The van der Waals surface area contributed by atoms with Crippen LogP contribution < -0.4 is 21.1 Å². The number of hydrogen-bond donors (Lipinski definition) is 2. The maximum absolute atomic E-state index is 12.4. The van der Waals surface area contributed by atoms with Gasteiger partial charge in [-0.25, -0.2) is 5.84 Å². The quantitative estimate of drug-likeness (QED) is 0.626. The number of halogens is 3. The number of alkyl halides is 3. The van der Waals surface area contributed by atoms with Crippen LogP contribution in [0.25, 0.3) is 0 Å². The molecule has 1 aromatic rings. The molecule has 0 amide bonds. The van der Waals surface area contributed by atoms with E-state index in [-0.39, 0.29) is 11.9 Å². The van der Waals surface area contributed by atoms with E-state index in [9.17, 15) is 13.2 Å². The van der Waals surface area contributed by atoms with E-state index in [4.69, 9.17) is 5.84 Å². The van der Waals surface area contributed by atoms with E-state index in [0.29, 0.717) is 5.95 Å². The van der Waals surface area contributed by atoms with Gasteiger partial charge in [0.15, 0.2) is 0 Å². The normalized spacial score (nSPS) is 15.6. The summed E-state index contributed by atoms with van der Waals surface area (Å²) in [6.45, 7) is 0.410. The summed E-state index contributed by atoms with van der Waals surface area (Å²) in [6, 6.07) is 0. The number of nitrogens with zero attached hydrogens (tertiary/aromatic N) is 5. The Morgan fingerprint density at radius 3 is 2.45 bits per heavy atom. The van der Waals surface area contributed by atoms with Crippen molar-refractivity contribution in [3.05, 3.63) is 0 Å². The molecular weight excluding hydrogens is 275 g/mol. The minimum Gasteiger partial charge on any atom is -0.341 e. The molecule has 0 atom stereocenters. The van der Waals surface area contributed by atoms with Gasteiger partial charge in [-0.05, 0) is 12.8 Å². The summed E-state index contributed by atoms with van der Waals surface area (Å²) in [5.74, 6) is 5.58. The van der Waals surface area contributed by atoms with Crippen molar-refractivity contribution in [3.8, 4) is 0 Å². The minimum absolute atomic E-state index is 0.0472. The molecule has 1 aromatic heterocycles. The van der Waals surface area contributed by atoms with Gasteiger partial charge in [0.25, 0.3) is 0 Å². The summed E-state index contributed by atoms with van der Waals surface area (Å²) in [5, 5.41) is 0. The van der Waals surface area contributed by atoms with E-state index < -0.39 is 12.7 Å². The SMILES string of the molecule is CN(CC(F)(F)F)c1nc(NN)nc(N2CCCC2)n1. The van der Waals surface area contributed by atoms with E-state index >= 15 is 0 Å². The van der Waals surface area contributed by atoms with Crippen molar-refractivity contribution in [2.45, 2.75) is 19.0 Å². The highest BCUT2D eigenvalue weighted by molar-refractivity contribution is 5.45. The van der Waals surface area contributed by atoms with Crippen LogP contribution in [0.4, 0.5) is 31.0 Å². The summed E-state index contributed by atoms with van der Waals surface area (Å²) in [7, 11) is 1.27. The number of nitrogen functional groups attached to an aromatic ring is 1. The third-order valence-corrected chi connectivity index (χ3v) is 2.89. The van der Waals surface area contributed by atoms with Crippen molar-refractivity contribution in [2.75, 3.05) is 41.9 Å². The predicted molar refractivity (Wildman–Crippen MR) is 68.4 cm³/mol. The molecule has 2 heterocycles. The third-order valence-electron chi connectivity index (χ3n) is 2.89. The molecule has 0 bridgehead atoms. The van der Waals surface area contributed by atoms with Gasteiger partial charge < -0.3 is 9.80 Å². The number of rotatable bonds is 4. The number of anilines is 3. The monoisotopic (exact) mass is 291 g/mol. The van der Waals surface area contributed by atoms with Gasteiger partial charge in [-0.1, -0.05) is 0 Å². The molecule has 0 saturated carbocycles.